The second-order valence-corrected chi connectivity index (χ2v) is 10.8. The van der Waals surface area contributed by atoms with Crippen LogP contribution >= 0.6 is 11.1 Å². The zero-order valence-electron chi connectivity index (χ0n) is 13.8. The Labute approximate surface area is 144 Å². The number of aryl methyl sites for hydroxylation is 2. The predicted octanol–water partition coefficient (Wildman–Crippen LogP) is 3.82. The van der Waals surface area contributed by atoms with Gasteiger partial charge in [0.15, 0.2) is 0 Å². The van der Waals surface area contributed by atoms with Crippen LogP contribution in [-0.2, 0) is 0 Å². The van der Waals surface area contributed by atoms with Crippen LogP contribution in [0.3, 0.4) is 0 Å². The Morgan fingerprint density at radius 2 is 1.04 bits per heavy atom. The van der Waals surface area contributed by atoms with Crippen molar-refractivity contribution in [2.24, 2.45) is 0 Å². The quantitative estimate of drug-likeness (QED) is 0.387. The molecule has 0 aliphatic heterocycles. The SMILES string of the molecule is Cc1ccc(C)c([Si](Cl)(c2ccccc2)c2ccccc2)c1C. The summed E-state index contributed by atoms with van der Waals surface area (Å²) in [6, 6.07) is 25.5. The first kappa shape index (κ1) is 16.0. The lowest BCUT2D eigenvalue weighted by molar-refractivity contribution is 1.33. The summed E-state index contributed by atoms with van der Waals surface area (Å²) in [5.41, 5.74) is 3.90. The minimum absolute atomic E-state index is 1.24. The highest BCUT2D eigenvalue weighted by atomic mass is 35.6. The van der Waals surface area contributed by atoms with Crippen LogP contribution in [0.15, 0.2) is 72.8 Å². The molecule has 0 saturated carbocycles. The van der Waals surface area contributed by atoms with Crippen LogP contribution in [0.1, 0.15) is 16.7 Å². The average Bonchev–Trinajstić information content (AvgIpc) is 2.60. The second-order valence-electron chi connectivity index (χ2n) is 6.09. The third-order valence-corrected chi connectivity index (χ3v) is 10.2. The molecule has 0 amide bonds. The van der Waals surface area contributed by atoms with E-state index in [-0.39, 0.29) is 0 Å². The van der Waals surface area contributed by atoms with Crippen LogP contribution in [0.25, 0.3) is 0 Å². The molecule has 0 aromatic heterocycles. The summed E-state index contributed by atoms with van der Waals surface area (Å²) in [6.45, 7) is 6.55. The van der Waals surface area contributed by atoms with Gasteiger partial charge in [-0.3, -0.25) is 0 Å². The number of hydrogen-bond donors (Lipinski definition) is 0. The van der Waals surface area contributed by atoms with Gasteiger partial charge in [0.2, 0.25) is 7.38 Å². The highest BCUT2D eigenvalue weighted by molar-refractivity contribution is 7.40. The number of rotatable bonds is 3. The second kappa shape index (κ2) is 6.35. The first-order valence-electron chi connectivity index (χ1n) is 7.92. The summed E-state index contributed by atoms with van der Waals surface area (Å²) in [5.74, 6) is 0. The van der Waals surface area contributed by atoms with Crippen molar-refractivity contribution in [3.63, 3.8) is 0 Å². The van der Waals surface area contributed by atoms with Crippen molar-refractivity contribution in [3.8, 4) is 0 Å². The largest absolute Gasteiger partial charge is 0.248 e. The summed E-state index contributed by atoms with van der Waals surface area (Å²) >= 11 is 7.54. The lowest BCUT2D eigenvalue weighted by atomic mass is 10.1. The fourth-order valence-electron chi connectivity index (χ4n) is 3.27. The van der Waals surface area contributed by atoms with Crippen molar-refractivity contribution in [2.75, 3.05) is 0 Å². The summed E-state index contributed by atoms with van der Waals surface area (Å²) in [7, 11) is -2.53. The molecule has 3 rings (SSSR count). The summed E-state index contributed by atoms with van der Waals surface area (Å²) in [5, 5.41) is 3.81. The molecule has 0 bridgehead atoms. The molecule has 0 heterocycles. The maximum absolute atomic E-state index is 7.54. The van der Waals surface area contributed by atoms with E-state index in [0.717, 1.165) is 0 Å². The summed E-state index contributed by atoms with van der Waals surface area (Å²) in [4.78, 5) is 0. The monoisotopic (exact) mass is 336 g/mol. The van der Waals surface area contributed by atoms with Crippen LogP contribution in [0.2, 0.25) is 0 Å². The van der Waals surface area contributed by atoms with Crippen molar-refractivity contribution in [1.82, 2.24) is 0 Å². The fraction of sp³-hybridized carbons (Fsp3) is 0.143. The van der Waals surface area contributed by atoms with Crippen molar-refractivity contribution < 1.29 is 0 Å². The predicted molar refractivity (Wildman–Crippen MR) is 104 cm³/mol. The summed E-state index contributed by atoms with van der Waals surface area (Å²) in [6.07, 6.45) is 0. The minimum atomic E-state index is -2.53. The Balaban J connectivity index is 2.37. The van der Waals surface area contributed by atoms with Crippen molar-refractivity contribution in [1.29, 1.82) is 0 Å². The lowest BCUT2D eigenvalue weighted by Crippen LogP contribution is -2.64. The van der Waals surface area contributed by atoms with Gasteiger partial charge in [-0.1, -0.05) is 72.8 Å². The molecule has 0 aliphatic rings. The minimum Gasteiger partial charge on any atom is -0.149 e. The van der Waals surface area contributed by atoms with Gasteiger partial charge in [0.05, 0.1) is 0 Å². The topological polar surface area (TPSA) is 0 Å². The van der Waals surface area contributed by atoms with Crippen molar-refractivity contribution >= 4 is 34.0 Å². The van der Waals surface area contributed by atoms with Gasteiger partial charge in [-0.2, -0.15) is 0 Å². The Morgan fingerprint density at radius 1 is 0.609 bits per heavy atom. The first-order chi connectivity index (χ1) is 11.0. The molecule has 0 nitrogen and oxygen atoms in total. The van der Waals surface area contributed by atoms with Gasteiger partial charge in [-0.05, 0) is 53.0 Å². The molecule has 0 atom stereocenters. The van der Waals surface area contributed by atoms with Crippen LogP contribution < -0.4 is 15.6 Å². The van der Waals surface area contributed by atoms with Crippen LogP contribution in [0.4, 0.5) is 0 Å². The molecule has 0 saturated heterocycles. The van der Waals surface area contributed by atoms with Crippen LogP contribution in [0, 0.1) is 20.8 Å². The number of hydrogen-bond acceptors (Lipinski definition) is 0. The molecule has 116 valence electrons. The summed E-state index contributed by atoms with van der Waals surface area (Å²) < 4.78 is 0. The molecule has 0 radical (unpaired) electrons. The number of halogens is 1. The molecule has 3 aromatic rings. The van der Waals surface area contributed by atoms with E-state index in [1.165, 1.54) is 32.3 Å². The van der Waals surface area contributed by atoms with E-state index in [9.17, 15) is 0 Å². The third kappa shape index (κ3) is 2.75. The van der Waals surface area contributed by atoms with E-state index in [1.54, 1.807) is 0 Å². The molecule has 0 spiro atoms. The van der Waals surface area contributed by atoms with Gasteiger partial charge in [0, 0.05) is 0 Å². The molecule has 0 fully saturated rings. The molecule has 23 heavy (non-hydrogen) atoms. The van der Waals surface area contributed by atoms with Crippen LogP contribution in [-0.4, -0.2) is 7.38 Å². The van der Waals surface area contributed by atoms with E-state index >= 15 is 0 Å². The van der Waals surface area contributed by atoms with Gasteiger partial charge in [-0.25, -0.2) is 0 Å². The van der Waals surface area contributed by atoms with Gasteiger partial charge >= 0.3 is 0 Å². The van der Waals surface area contributed by atoms with E-state index in [4.69, 9.17) is 11.1 Å². The zero-order valence-corrected chi connectivity index (χ0v) is 15.6. The lowest BCUT2D eigenvalue weighted by Gasteiger charge is -2.30. The van der Waals surface area contributed by atoms with Crippen LogP contribution in [0.5, 0.6) is 0 Å². The van der Waals surface area contributed by atoms with E-state index < -0.39 is 7.38 Å². The van der Waals surface area contributed by atoms with Gasteiger partial charge in [-0.15, -0.1) is 11.1 Å². The Bertz CT molecular complexity index is 771. The first-order valence-corrected chi connectivity index (χ1v) is 10.9. The highest BCUT2D eigenvalue weighted by Crippen LogP contribution is 2.18. The van der Waals surface area contributed by atoms with Gasteiger partial charge in [0.25, 0.3) is 0 Å². The molecule has 0 unspecified atom stereocenters. The molecular formula is C21H21ClSi. The third-order valence-electron chi connectivity index (χ3n) is 4.63. The fourth-order valence-corrected chi connectivity index (χ4v) is 8.46. The molecule has 0 N–H and O–H groups in total. The molecule has 2 heteroatoms. The molecular weight excluding hydrogens is 316 g/mol. The Hall–Kier alpha value is -1.83. The zero-order chi connectivity index (χ0) is 16.4. The van der Waals surface area contributed by atoms with Gasteiger partial charge in [0.1, 0.15) is 0 Å². The maximum atomic E-state index is 7.54. The highest BCUT2D eigenvalue weighted by Gasteiger charge is 2.40. The molecule has 3 aromatic carbocycles. The average molecular weight is 337 g/mol. The maximum Gasteiger partial charge on any atom is 0.248 e. The smallest absolute Gasteiger partial charge is 0.149 e. The van der Waals surface area contributed by atoms with E-state index in [2.05, 4.69) is 93.6 Å². The molecule has 0 aliphatic carbocycles. The van der Waals surface area contributed by atoms with E-state index in [1.807, 2.05) is 0 Å². The Morgan fingerprint density at radius 3 is 1.52 bits per heavy atom. The van der Waals surface area contributed by atoms with Gasteiger partial charge < -0.3 is 0 Å². The number of benzene rings is 3. The van der Waals surface area contributed by atoms with E-state index in [0.29, 0.717) is 0 Å². The van der Waals surface area contributed by atoms with Crippen molar-refractivity contribution in [2.45, 2.75) is 20.8 Å². The standard InChI is InChI=1S/C21H21ClSi/c1-16-14-15-17(2)21(18(16)3)23(22,19-10-6-4-7-11-19)20-12-8-5-9-13-20/h4-15H,1-3H3. The van der Waals surface area contributed by atoms with Crippen molar-refractivity contribution in [3.05, 3.63) is 89.5 Å². The normalized spacial score (nSPS) is 11.5. The Kier molecular flexibility index (Phi) is 4.43.